The number of hydrogen-bond acceptors (Lipinski definition) is 6. The van der Waals surface area contributed by atoms with E-state index in [1.807, 2.05) is 37.4 Å². The number of nitrogens with zero attached hydrogens (tertiary/aromatic N) is 4. The van der Waals surface area contributed by atoms with E-state index in [1.54, 1.807) is 13.2 Å². The first-order valence-corrected chi connectivity index (χ1v) is 8.86. The van der Waals surface area contributed by atoms with Crippen LogP contribution in [0.3, 0.4) is 0 Å². The maximum atomic E-state index is 13.7. The van der Waals surface area contributed by atoms with Crippen molar-refractivity contribution in [1.29, 1.82) is 0 Å². The van der Waals surface area contributed by atoms with Crippen LogP contribution in [0, 0.1) is 5.82 Å². The molecular formula is C20H21FN4O2. The van der Waals surface area contributed by atoms with Crippen molar-refractivity contribution in [1.82, 2.24) is 10.1 Å². The smallest absolute Gasteiger partial charge is 0.246 e. The van der Waals surface area contributed by atoms with Crippen LogP contribution >= 0.6 is 0 Å². The lowest BCUT2D eigenvalue weighted by Crippen LogP contribution is -2.23. The van der Waals surface area contributed by atoms with Crippen LogP contribution in [-0.4, -0.2) is 37.4 Å². The predicted octanol–water partition coefficient (Wildman–Crippen LogP) is 3.73. The number of anilines is 2. The summed E-state index contributed by atoms with van der Waals surface area (Å²) in [6.45, 7) is 2.18. The van der Waals surface area contributed by atoms with E-state index in [9.17, 15) is 4.39 Å². The van der Waals surface area contributed by atoms with Crippen molar-refractivity contribution in [2.24, 2.45) is 0 Å². The summed E-state index contributed by atoms with van der Waals surface area (Å²) in [5.41, 5.74) is 2.68. The molecular weight excluding hydrogens is 347 g/mol. The molecule has 7 heteroatoms. The standard InChI is InChI=1S/C20H21FN4O2/c1-24-9-4-10-25(17-8-7-15(21)12-18(17)24)13-19-22-20(23-27-19)14-5-3-6-16(11-14)26-2/h3,5-8,11-12H,4,9-10,13H2,1-2H3. The van der Waals surface area contributed by atoms with Gasteiger partial charge in [-0.15, -0.1) is 0 Å². The van der Waals surface area contributed by atoms with Gasteiger partial charge in [0.05, 0.1) is 25.0 Å². The van der Waals surface area contributed by atoms with Gasteiger partial charge in [-0.25, -0.2) is 4.39 Å². The van der Waals surface area contributed by atoms with Gasteiger partial charge in [0.2, 0.25) is 11.7 Å². The lowest BCUT2D eigenvalue weighted by Gasteiger charge is -2.24. The topological polar surface area (TPSA) is 54.6 Å². The molecule has 0 saturated heterocycles. The molecule has 0 radical (unpaired) electrons. The highest BCUT2D eigenvalue weighted by atomic mass is 19.1. The summed E-state index contributed by atoms with van der Waals surface area (Å²) in [6.07, 6.45) is 0.962. The van der Waals surface area contributed by atoms with Gasteiger partial charge in [0, 0.05) is 25.7 Å². The molecule has 2 aromatic carbocycles. The van der Waals surface area contributed by atoms with E-state index < -0.39 is 0 Å². The average Bonchev–Trinajstić information content (AvgIpc) is 3.10. The van der Waals surface area contributed by atoms with Crippen LogP contribution in [0.4, 0.5) is 15.8 Å². The number of benzene rings is 2. The van der Waals surface area contributed by atoms with Gasteiger partial charge in [-0.3, -0.25) is 0 Å². The quantitative estimate of drug-likeness (QED) is 0.699. The van der Waals surface area contributed by atoms with E-state index in [2.05, 4.69) is 19.9 Å². The van der Waals surface area contributed by atoms with E-state index in [4.69, 9.17) is 9.26 Å². The van der Waals surface area contributed by atoms with E-state index in [0.29, 0.717) is 18.3 Å². The van der Waals surface area contributed by atoms with Gasteiger partial charge in [0.15, 0.2) is 0 Å². The first-order chi connectivity index (χ1) is 13.1. The van der Waals surface area contributed by atoms with Crippen molar-refractivity contribution in [2.45, 2.75) is 13.0 Å². The maximum Gasteiger partial charge on any atom is 0.246 e. The van der Waals surface area contributed by atoms with E-state index >= 15 is 0 Å². The molecule has 0 unspecified atom stereocenters. The minimum Gasteiger partial charge on any atom is -0.497 e. The van der Waals surface area contributed by atoms with E-state index in [0.717, 1.165) is 42.2 Å². The fourth-order valence-electron chi connectivity index (χ4n) is 3.34. The Morgan fingerprint density at radius 3 is 2.89 bits per heavy atom. The Bertz CT molecular complexity index is 943. The Balaban J connectivity index is 1.59. The van der Waals surface area contributed by atoms with Crippen molar-refractivity contribution in [3.05, 3.63) is 54.2 Å². The first kappa shape index (κ1) is 17.3. The number of fused-ring (bicyclic) bond motifs is 1. The molecule has 140 valence electrons. The molecule has 1 aliphatic rings. The Morgan fingerprint density at radius 2 is 2.04 bits per heavy atom. The molecule has 0 spiro atoms. The number of aromatic nitrogens is 2. The molecule has 4 rings (SSSR count). The van der Waals surface area contributed by atoms with Gasteiger partial charge in [-0.1, -0.05) is 17.3 Å². The lowest BCUT2D eigenvalue weighted by molar-refractivity contribution is 0.376. The van der Waals surface area contributed by atoms with Crippen molar-refractivity contribution in [3.63, 3.8) is 0 Å². The second kappa shape index (κ2) is 7.26. The molecule has 0 bridgehead atoms. The Hall–Kier alpha value is -3.09. The highest BCUT2D eigenvalue weighted by molar-refractivity contribution is 5.72. The van der Waals surface area contributed by atoms with Crippen LogP contribution in [0.2, 0.25) is 0 Å². The van der Waals surface area contributed by atoms with Gasteiger partial charge >= 0.3 is 0 Å². The SMILES string of the molecule is COc1cccc(-c2noc(CN3CCCN(C)c4cc(F)ccc43)n2)c1. The van der Waals surface area contributed by atoms with Crippen LogP contribution in [0.1, 0.15) is 12.3 Å². The highest BCUT2D eigenvalue weighted by Crippen LogP contribution is 2.33. The second-order valence-electron chi connectivity index (χ2n) is 6.57. The molecule has 0 fully saturated rings. The third-order valence-corrected chi connectivity index (χ3v) is 4.73. The molecule has 0 amide bonds. The fraction of sp³-hybridized carbons (Fsp3) is 0.300. The number of methoxy groups -OCH3 is 1. The molecule has 0 atom stereocenters. The van der Waals surface area contributed by atoms with Gasteiger partial charge < -0.3 is 19.1 Å². The summed E-state index contributed by atoms with van der Waals surface area (Å²) in [4.78, 5) is 8.76. The zero-order chi connectivity index (χ0) is 18.8. The molecule has 0 N–H and O–H groups in total. The third-order valence-electron chi connectivity index (χ3n) is 4.73. The van der Waals surface area contributed by atoms with Crippen LogP contribution in [0.5, 0.6) is 5.75 Å². The average molecular weight is 368 g/mol. The van der Waals surface area contributed by atoms with Gasteiger partial charge in [0.1, 0.15) is 11.6 Å². The molecule has 3 aromatic rings. The summed E-state index contributed by atoms with van der Waals surface area (Å²) in [5, 5.41) is 4.10. The molecule has 27 heavy (non-hydrogen) atoms. The molecule has 1 aromatic heterocycles. The Labute approximate surface area is 157 Å². The minimum absolute atomic E-state index is 0.236. The monoisotopic (exact) mass is 368 g/mol. The zero-order valence-electron chi connectivity index (χ0n) is 15.4. The fourth-order valence-corrected chi connectivity index (χ4v) is 3.34. The van der Waals surface area contributed by atoms with Crippen molar-refractivity contribution in [2.75, 3.05) is 37.0 Å². The summed E-state index contributed by atoms with van der Waals surface area (Å²) in [7, 11) is 3.60. The Morgan fingerprint density at radius 1 is 1.15 bits per heavy atom. The number of hydrogen-bond donors (Lipinski definition) is 0. The summed E-state index contributed by atoms with van der Waals surface area (Å²) in [5.74, 6) is 1.55. The molecule has 0 aliphatic carbocycles. The van der Waals surface area contributed by atoms with Crippen molar-refractivity contribution in [3.8, 4) is 17.1 Å². The molecule has 0 saturated carbocycles. The van der Waals surface area contributed by atoms with Gasteiger partial charge in [-0.2, -0.15) is 4.98 Å². The van der Waals surface area contributed by atoms with E-state index in [1.165, 1.54) is 6.07 Å². The number of rotatable bonds is 4. The minimum atomic E-state index is -0.236. The van der Waals surface area contributed by atoms with Crippen LogP contribution < -0.4 is 14.5 Å². The van der Waals surface area contributed by atoms with Gasteiger partial charge in [0.25, 0.3) is 0 Å². The Kier molecular flexibility index (Phi) is 4.66. The maximum absolute atomic E-state index is 13.7. The normalized spacial score (nSPS) is 14.0. The van der Waals surface area contributed by atoms with Crippen LogP contribution in [0.25, 0.3) is 11.4 Å². The second-order valence-corrected chi connectivity index (χ2v) is 6.57. The van der Waals surface area contributed by atoms with Crippen molar-refractivity contribution >= 4 is 11.4 Å². The first-order valence-electron chi connectivity index (χ1n) is 8.86. The summed E-state index contributed by atoms with van der Waals surface area (Å²) >= 11 is 0. The lowest BCUT2D eigenvalue weighted by atomic mass is 10.2. The third kappa shape index (κ3) is 3.58. The van der Waals surface area contributed by atoms with Gasteiger partial charge in [-0.05, 0) is 36.8 Å². The van der Waals surface area contributed by atoms with Crippen LogP contribution in [0.15, 0.2) is 47.0 Å². The molecule has 2 heterocycles. The highest BCUT2D eigenvalue weighted by Gasteiger charge is 2.21. The molecule has 6 nitrogen and oxygen atoms in total. The predicted molar refractivity (Wildman–Crippen MR) is 102 cm³/mol. The van der Waals surface area contributed by atoms with Crippen molar-refractivity contribution < 1.29 is 13.7 Å². The van der Waals surface area contributed by atoms with Crippen LogP contribution in [-0.2, 0) is 6.54 Å². The zero-order valence-corrected chi connectivity index (χ0v) is 15.4. The van der Waals surface area contributed by atoms with E-state index in [-0.39, 0.29) is 5.82 Å². The summed E-state index contributed by atoms with van der Waals surface area (Å²) < 4.78 is 24.4. The summed E-state index contributed by atoms with van der Waals surface area (Å²) in [6, 6.07) is 12.4. The molecule has 1 aliphatic heterocycles. The largest absolute Gasteiger partial charge is 0.497 e. The number of ether oxygens (including phenoxy) is 1. The number of halogens is 1.